The second kappa shape index (κ2) is 5.69. The summed E-state index contributed by atoms with van der Waals surface area (Å²) < 4.78 is 39.5. The summed E-state index contributed by atoms with van der Waals surface area (Å²) in [5.41, 5.74) is 0.251. The third kappa shape index (κ3) is 2.81. The summed E-state index contributed by atoms with van der Waals surface area (Å²) in [5, 5.41) is 7.31. The van der Waals surface area contributed by atoms with Gasteiger partial charge in [0.15, 0.2) is 0 Å². The second-order valence-electron chi connectivity index (χ2n) is 4.70. The highest BCUT2D eigenvalue weighted by Crippen LogP contribution is 2.36. The van der Waals surface area contributed by atoms with E-state index in [1.54, 1.807) is 0 Å². The van der Waals surface area contributed by atoms with Crippen LogP contribution in [-0.2, 0) is 6.18 Å². The van der Waals surface area contributed by atoms with Crippen molar-refractivity contribution in [2.75, 3.05) is 11.9 Å². The molecule has 0 aliphatic heterocycles. The number of hydrogen-bond acceptors (Lipinski definition) is 4. The number of fused-ring (bicyclic) bond motifs is 1. The van der Waals surface area contributed by atoms with E-state index in [2.05, 4.69) is 20.4 Å². The number of hydrogen-bond donors (Lipinski definition) is 1. The van der Waals surface area contributed by atoms with Gasteiger partial charge in [-0.1, -0.05) is 23.7 Å². The number of halogens is 4. The molecule has 0 bridgehead atoms. The van der Waals surface area contributed by atoms with E-state index in [1.807, 2.05) is 6.92 Å². The van der Waals surface area contributed by atoms with Crippen LogP contribution in [0.4, 0.5) is 19.0 Å². The maximum atomic E-state index is 12.7. The van der Waals surface area contributed by atoms with Crippen LogP contribution in [-0.4, -0.2) is 26.1 Å². The predicted molar refractivity (Wildman–Crippen MR) is 80.4 cm³/mol. The van der Waals surface area contributed by atoms with Crippen LogP contribution >= 0.6 is 11.6 Å². The average Bonchev–Trinajstić information content (AvgIpc) is 2.95. The van der Waals surface area contributed by atoms with Gasteiger partial charge >= 0.3 is 6.18 Å². The topological polar surface area (TPSA) is 55.1 Å². The Labute approximate surface area is 134 Å². The first-order chi connectivity index (χ1) is 10.9. The molecule has 0 aliphatic rings. The van der Waals surface area contributed by atoms with Gasteiger partial charge in [-0.2, -0.15) is 32.8 Å². The summed E-state index contributed by atoms with van der Waals surface area (Å²) in [7, 11) is 0. The van der Waals surface area contributed by atoms with Gasteiger partial charge in [-0.25, -0.2) is 0 Å². The van der Waals surface area contributed by atoms with Crippen LogP contribution in [0.25, 0.3) is 16.9 Å². The van der Waals surface area contributed by atoms with E-state index in [0.717, 1.165) is 12.1 Å². The number of benzene rings is 1. The summed E-state index contributed by atoms with van der Waals surface area (Å²) in [6.45, 7) is 2.45. The number of nitrogens with one attached hydrogen (secondary N) is 1. The predicted octanol–water partition coefficient (Wildman–Crippen LogP) is 3.90. The lowest BCUT2D eigenvalue weighted by atomic mass is 10.1. The third-order valence-electron chi connectivity index (χ3n) is 3.23. The highest BCUT2D eigenvalue weighted by atomic mass is 35.5. The summed E-state index contributed by atoms with van der Waals surface area (Å²) in [6.07, 6.45) is -3.06. The fourth-order valence-electron chi connectivity index (χ4n) is 2.23. The van der Waals surface area contributed by atoms with Crippen LogP contribution in [0.5, 0.6) is 0 Å². The molecule has 0 unspecified atom stereocenters. The Morgan fingerprint density at radius 1 is 1.22 bits per heavy atom. The molecule has 23 heavy (non-hydrogen) atoms. The van der Waals surface area contributed by atoms with Gasteiger partial charge in [0.1, 0.15) is 17.3 Å². The Hall–Kier alpha value is -2.35. The molecule has 0 amide bonds. The standard InChI is InChI=1S/C14H11ClF3N5/c1-2-19-12-10(11(15)22-13-20-7-21-23(12)13)8-3-5-9(6-4-8)14(16,17)18/h3-7,19H,2H2,1H3. The van der Waals surface area contributed by atoms with Gasteiger partial charge in [0, 0.05) is 6.54 Å². The van der Waals surface area contributed by atoms with E-state index in [9.17, 15) is 13.2 Å². The molecular weight excluding hydrogens is 331 g/mol. The molecule has 3 aromatic rings. The molecule has 0 radical (unpaired) electrons. The van der Waals surface area contributed by atoms with Gasteiger partial charge < -0.3 is 5.32 Å². The van der Waals surface area contributed by atoms with Crippen molar-refractivity contribution in [1.82, 2.24) is 19.6 Å². The molecule has 2 heterocycles. The van der Waals surface area contributed by atoms with E-state index in [1.165, 1.54) is 23.0 Å². The van der Waals surface area contributed by atoms with Crippen LogP contribution in [0.2, 0.25) is 5.15 Å². The third-order valence-corrected chi connectivity index (χ3v) is 3.50. The lowest BCUT2D eigenvalue weighted by Crippen LogP contribution is -2.08. The fraction of sp³-hybridized carbons (Fsp3) is 0.214. The number of rotatable bonds is 3. The highest BCUT2D eigenvalue weighted by Gasteiger charge is 2.30. The van der Waals surface area contributed by atoms with Gasteiger partial charge in [-0.05, 0) is 24.6 Å². The fourth-order valence-corrected chi connectivity index (χ4v) is 2.50. The van der Waals surface area contributed by atoms with Gasteiger partial charge in [0.2, 0.25) is 0 Å². The molecule has 1 aromatic carbocycles. The summed E-state index contributed by atoms with van der Waals surface area (Å²) in [6, 6.07) is 4.73. The molecule has 9 heteroatoms. The van der Waals surface area contributed by atoms with Crippen LogP contribution in [0, 0.1) is 0 Å². The first kappa shape index (κ1) is 15.5. The van der Waals surface area contributed by atoms with Gasteiger partial charge in [0.05, 0.1) is 11.1 Å². The Balaban J connectivity index is 2.18. The van der Waals surface area contributed by atoms with Crippen LogP contribution in [0.15, 0.2) is 30.6 Å². The summed E-state index contributed by atoms with van der Waals surface area (Å²) in [5.74, 6) is 0.835. The minimum atomic E-state index is -4.39. The first-order valence-electron chi connectivity index (χ1n) is 6.72. The van der Waals surface area contributed by atoms with Gasteiger partial charge in [0.25, 0.3) is 5.78 Å². The summed E-state index contributed by atoms with van der Waals surface area (Å²) in [4.78, 5) is 8.09. The van der Waals surface area contributed by atoms with Crippen LogP contribution in [0.1, 0.15) is 12.5 Å². The Kier molecular flexibility index (Phi) is 3.85. The molecule has 0 fully saturated rings. The van der Waals surface area contributed by atoms with Crippen LogP contribution < -0.4 is 5.32 Å². The van der Waals surface area contributed by atoms with Crippen molar-refractivity contribution in [3.05, 3.63) is 41.3 Å². The Morgan fingerprint density at radius 3 is 2.52 bits per heavy atom. The molecule has 120 valence electrons. The Bertz CT molecular complexity index is 842. The van der Waals surface area contributed by atoms with Crippen molar-refractivity contribution >= 4 is 23.2 Å². The smallest absolute Gasteiger partial charge is 0.370 e. The van der Waals surface area contributed by atoms with E-state index in [4.69, 9.17) is 11.6 Å². The Morgan fingerprint density at radius 2 is 1.91 bits per heavy atom. The van der Waals surface area contributed by atoms with E-state index in [0.29, 0.717) is 29.3 Å². The molecule has 0 saturated heterocycles. The average molecular weight is 342 g/mol. The minimum absolute atomic E-state index is 0.140. The van der Waals surface area contributed by atoms with E-state index < -0.39 is 11.7 Å². The van der Waals surface area contributed by atoms with Crippen molar-refractivity contribution in [2.24, 2.45) is 0 Å². The van der Waals surface area contributed by atoms with Crippen LogP contribution in [0.3, 0.4) is 0 Å². The summed E-state index contributed by atoms with van der Waals surface area (Å²) >= 11 is 6.21. The molecule has 0 atom stereocenters. The van der Waals surface area contributed by atoms with Crippen molar-refractivity contribution in [3.8, 4) is 11.1 Å². The quantitative estimate of drug-likeness (QED) is 0.734. The van der Waals surface area contributed by atoms with Gasteiger partial charge in [-0.3, -0.25) is 0 Å². The highest BCUT2D eigenvalue weighted by molar-refractivity contribution is 6.32. The zero-order chi connectivity index (χ0) is 16.6. The van der Waals surface area contributed by atoms with Crippen molar-refractivity contribution < 1.29 is 13.2 Å². The molecule has 0 spiro atoms. The number of anilines is 1. The molecule has 2 aromatic heterocycles. The lowest BCUT2D eigenvalue weighted by Gasteiger charge is -2.14. The SMILES string of the molecule is CCNc1c(-c2ccc(C(F)(F)F)cc2)c(Cl)nc2ncnn12. The van der Waals surface area contributed by atoms with Gasteiger partial charge in [-0.15, -0.1) is 0 Å². The molecule has 0 aliphatic carbocycles. The molecule has 5 nitrogen and oxygen atoms in total. The number of alkyl halides is 3. The maximum Gasteiger partial charge on any atom is 0.416 e. The second-order valence-corrected chi connectivity index (χ2v) is 5.06. The largest absolute Gasteiger partial charge is 0.416 e. The first-order valence-corrected chi connectivity index (χ1v) is 7.10. The zero-order valence-corrected chi connectivity index (χ0v) is 12.7. The van der Waals surface area contributed by atoms with Crippen molar-refractivity contribution in [3.63, 3.8) is 0 Å². The van der Waals surface area contributed by atoms with Crippen molar-refractivity contribution in [2.45, 2.75) is 13.1 Å². The number of nitrogens with zero attached hydrogens (tertiary/aromatic N) is 4. The number of aromatic nitrogens is 4. The molecule has 0 saturated carbocycles. The van der Waals surface area contributed by atoms with E-state index in [-0.39, 0.29) is 5.15 Å². The molecule has 3 rings (SSSR count). The van der Waals surface area contributed by atoms with Crippen molar-refractivity contribution in [1.29, 1.82) is 0 Å². The monoisotopic (exact) mass is 341 g/mol. The molecule has 1 N–H and O–H groups in total. The van der Waals surface area contributed by atoms with E-state index >= 15 is 0 Å². The maximum absolute atomic E-state index is 12.7. The lowest BCUT2D eigenvalue weighted by molar-refractivity contribution is -0.137. The normalized spacial score (nSPS) is 11.9. The zero-order valence-electron chi connectivity index (χ0n) is 11.9. The molecular formula is C14H11ClF3N5. The minimum Gasteiger partial charge on any atom is -0.370 e.